The van der Waals surface area contributed by atoms with Gasteiger partial charge in [0, 0.05) is 29.7 Å². The van der Waals surface area contributed by atoms with Gasteiger partial charge in [0.2, 0.25) is 0 Å². The number of nitrogens with one attached hydrogen (secondary N) is 1. The first-order valence-electron chi connectivity index (χ1n) is 9.62. The fourth-order valence-corrected chi connectivity index (χ4v) is 3.05. The number of nitrogens with zero attached hydrogens (tertiary/aromatic N) is 3. The van der Waals surface area contributed by atoms with Crippen LogP contribution in [0.3, 0.4) is 0 Å². The third kappa shape index (κ3) is 4.17. The number of hydrogen-bond acceptors (Lipinski definition) is 5. The van der Waals surface area contributed by atoms with Gasteiger partial charge in [-0.05, 0) is 31.2 Å². The molecule has 0 saturated heterocycles. The van der Waals surface area contributed by atoms with Gasteiger partial charge in [-0.1, -0.05) is 42.5 Å². The highest BCUT2D eigenvalue weighted by atomic mass is 16.5. The van der Waals surface area contributed by atoms with Gasteiger partial charge >= 0.3 is 0 Å². The highest BCUT2D eigenvalue weighted by Crippen LogP contribution is 2.28. The molecule has 4 aromatic rings. The van der Waals surface area contributed by atoms with Gasteiger partial charge in [0.05, 0.1) is 23.6 Å². The van der Waals surface area contributed by atoms with Crippen LogP contribution in [0.15, 0.2) is 85.3 Å². The van der Waals surface area contributed by atoms with Crippen molar-refractivity contribution in [3.8, 4) is 28.4 Å². The van der Waals surface area contributed by atoms with E-state index in [4.69, 9.17) is 9.72 Å². The van der Waals surface area contributed by atoms with Crippen LogP contribution in [0, 0.1) is 0 Å². The molecule has 2 heterocycles. The summed E-state index contributed by atoms with van der Waals surface area (Å²) in [5.41, 5.74) is 3.16. The molecule has 1 amide bonds. The largest absolute Gasteiger partial charge is 0.492 e. The summed E-state index contributed by atoms with van der Waals surface area (Å²) in [7, 11) is 0. The molecule has 0 spiro atoms. The van der Waals surface area contributed by atoms with Gasteiger partial charge in [0.25, 0.3) is 5.91 Å². The first kappa shape index (κ1) is 19.3. The number of carbonyl (C=O) groups excluding carboxylic acids is 1. The van der Waals surface area contributed by atoms with Crippen molar-refractivity contribution >= 4 is 11.6 Å². The second-order valence-corrected chi connectivity index (χ2v) is 6.44. The second kappa shape index (κ2) is 8.96. The summed E-state index contributed by atoms with van der Waals surface area (Å²) in [4.78, 5) is 26.4. The van der Waals surface area contributed by atoms with E-state index in [1.165, 1.54) is 0 Å². The Morgan fingerprint density at radius 2 is 1.67 bits per heavy atom. The van der Waals surface area contributed by atoms with Crippen molar-refractivity contribution in [1.29, 1.82) is 0 Å². The Bertz CT molecular complexity index is 1150. The lowest BCUT2D eigenvalue weighted by molar-refractivity contribution is 0.102. The summed E-state index contributed by atoms with van der Waals surface area (Å²) in [5, 5.41) is 2.92. The lowest BCUT2D eigenvalue weighted by Gasteiger charge is -2.13. The minimum atomic E-state index is -0.312. The number of amides is 1. The molecule has 0 aliphatic heterocycles. The van der Waals surface area contributed by atoms with E-state index in [9.17, 15) is 4.79 Å². The van der Waals surface area contributed by atoms with E-state index in [1.807, 2.05) is 67.6 Å². The number of anilines is 1. The zero-order chi connectivity index (χ0) is 20.8. The van der Waals surface area contributed by atoms with E-state index in [0.717, 1.165) is 11.1 Å². The number of ether oxygens (including phenoxy) is 1. The van der Waals surface area contributed by atoms with Crippen molar-refractivity contribution < 1.29 is 9.53 Å². The van der Waals surface area contributed by atoms with Crippen LogP contribution in [-0.2, 0) is 0 Å². The highest BCUT2D eigenvalue weighted by Gasteiger charge is 2.18. The molecule has 30 heavy (non-hydrogen) atoms. The van der Waals surface area contributed by atoms with Crippen molar-refractivity contribution in [2.45, 2.75) is 6.92 Å². The molecule has 2 aromatic carbocycles. The smallest absolute Gasteiger partial charge is 0.259 e. The predicted octanol–water partition coefficient (Wildman–Crippen LogP) is 4.86. The van der Waals surface area contributed by atoms with Gasteiger partial charge in [0.15, 0.2) is 5.82 Å². The van der Waals surface area contributed by atoms with E-state index >= 15 is 0 Å². The second-order valence-electron chi connectivity index (χ2n) is 6.44. The lowest BCUT2D eigenvalue weighted by atomic mass is 10.1. The molecule has 0 unspecified atom stereocenters. The predicted molar refractivity (Wildman–Crippen MR) is 116 cm³/mol. The zero-order valence-corrected chi connectivity index (χ0v) is 16.4. The molecule has 6 heteroatoms. The number of hydrogen-bond donors (Lipinski definition) is 1. The third-order valence-electron chi connectivity index (χ3n) is 4.45. The van der Waals surface area contributed by atoms with Gasteiger partial charge in [-0.15, -0.1) is 0 Å². The van der Waals surface area contributed by atoms with E-state index in [0.29, 0.717) is 35.1 Å². The number of rotatable bonds is 6. The number of carbonyl (C=O) groups is 1. The summed E-state index contributed by atoms with van der Waals surface area (Å²) in [5.74, 6) is 0.850. The molecule has 2 aromatic heterocycles. The van der Waals surface area contributed by atoms with Crippen molar-refractivity contribution in [3.05, 3.63) is 90.9 Å². The average molecular weight is 396 g/mol. The maximum absolute atomic E-state index is 13.2. The highest BCUT2D eigenvalue weighted by molar-refractivity contribution is 6.08. The fraction of sp³-hybridized carbons (Fsp3) is 0.0833. The van der Waals surface area contributed by atoms with Crippen molar-refractivity contribution in [2.24, 2.45) is 0 Å². The Balaban J connectivity index is 1.75. The topological polar surface area (TPSA) is 77.0 Å². The van der Waals surface area contributed by atoms with Crippen molar-refractivity contribution in [2.75, 3.05) is 11.9 Å². The van der Waals surface area contributed by atoms with E-state index in [1.54, 1.807) is 24.7 Å². The Kier molecular flexibility index (Phi) is 5.75. The Morgan fingerprint density at radius 3 is 2.43 bits per heavy atom. The van der Waals surface area contributed by atoms with Crippen LogP contribution in [0.1, 0.15) is 17.3 Å². The molecule has 4 rings (SSSR count). The van der Waals surface area contributed by atoms with Gasteiger partial charge in [-0.2, -0.15) is 0 Å². The quantitative estimate of drug-likeness (QED) is 0.504. The van der Waals surface area contributed by atoms with Gasteiger partial charge in [0.1, 0.15) is 5.75 Å². The molecule has 0 aliphatic rings. The van der Waals surface area contributed by atoms with Gasteiger partial charge < -0.3 is 10.1 Å². The molecule has 148 valence electrons. The molecule has 0 fully saturated rings. The molecular formula is C24H20N4O2. The van der Waals surface area contributed by atoms with Crippen LogP contribution in [0.25, 0.3) is 22.6 Å². The van der Waals surface area contributed by atoms with E-state index in [-0.39, 0.29) is 5.91 Å². The number of para-hydroxylation sites is 2. The molecule has 0 saturated carbocycles. The Hall–Kier alpha value is -4.06. The van der Waals surface area contributed by atoms with Gasteiger partial charge in [-0.3, -0.25) is 9.78 Å². The van der Waals surface area contributed by atoms with E-state index in [2.05, 4.69) is 15.3 Å². The summed E-state index contributed by atoms with van der Waals surface area (Å²) in [6.07, 6.45) is 4.90. The van der Waals surface area contributed by atoms with Gasteiger partial charge in [-0.25, -0.2) is 9.97 Å². The number of pyridine rings is 1. The number of aromatic nitrogens is 3. The SMILES string of the molecule is CCOc1ccccc1NC(=O)c1cnc(-c2ccccc2)nc1-c1ccncc1. The van der Waals surface area contributed by atoms with Crippen LogP contribution >= 0.6 is 0 Å². The summed E-state index contributed by atoms with van der Waals surface area (Å²) in [6.45, 7) is 2.40. The fourth-order valence-electron chi connectivity index (χ4n) is 3.05. The summed E-state index contributed by atoms with van der Waals surface area (Å²) >= 11 is 0. The van der Waals surface area contributed by atoms with Crippen LogP contribution in [0.5, 0.6) is 5.75 Å². The van der Waals surface area contributed by atoms with Crippen molar-refractivity contribution in [1.82, 2.24) is 15.0 Å². The maximum Gasteiger partial charge on any atom is 0.259 e. The molecular weight excluding hydrogens is 376 g/mol. The van der Waals surface area contributed by atoms with Crippen LogP contribution in [-0.4, -0.2) is 27.5 Å². The molecule has 1 N–H and O–H groups in total. The number of benzene rings is 2. The van der Waals surface area contributed by atoms with Crippen molar-refractivity contribution in [3.63, 3.8) is 0 Å². The minimum absolute atomic E-state index is 0.312. The Labute approximate surface area is 174 Å². The van der Waals surface area contributed by atoms with Crippen LogP contribution < -0.4 is 10.1 Å². The maximum atomic E-state index is 13.2. The lowest BCUT2D eigenvalue weighted by Crippen LogP contribution is -2.15. The standard InChI is InChI=1S/C24H20N4O2/c1-2-30-21-11-7-6-10-20(21)27-24(29)19-16-26-23(18-8-4-3-5-9-18)28-22(19)17-12-14-25-15-13-17/h3-16H,2H2,1H3,(H,27,29). The first-order valence-corrected chi connectivity index (χ1v) is 9.62. The molecule has 0 atom stereocenters. The van der Waals surface area contributed by atoms with Crippen LogP contribution in [0.4, 0.5) is 5.69 Å². The first-order chi connectivity index (χ1) is 14.8. The molecule has 0 bridgehead atoms. The van der Waals surface area contributed by atoms with E-state index < -0.39 is 0 Å². The molecule has 0 radical (unpaired) electrons. The minimum Gasteiger partial charge on any atom is -0.492 e. The Morgan fingerprint density at radius 1 is 0.933 bits per heavy atom. The molecule has 6 nitrogen and oxygen atoms in total. The third-order valence-corrected chi connectivity index (χ3v) is 4.45. The van der Waals surface area contributed by atoms with Crippen LogP contribution in [0.2, 0.25) is 0 Å². The summed E-state index contributed by atoms with van der Waals surface area (Å²) < 4.78 is 5.61. The monoisotopic (exact) mass is 396 g/mol. The normalized spacial score (nSPS) is 10.4. The zero-order valence-electron chi connectivity index (χ0n) is 16.4. The molecule has 0 aliphatic carbocycles. The average Bonchev–Trinajstić information content (AvgIpc) is 2.81. The summed E-state index contributed by atoms with van der Waals surface area (Å²) in [6, 6.07) is 20.6.